The van der Waals surface area contributed by atoms with Gasteiger partial charge < -0.3 is 0 Å². The van der Waals surface area contributed by atoms with Crippen LogP contribution in [0, 0.1) is 10.1 Å². The summed E-state index contributed by atoms with van der Waals surface area (Å²) < 4.78 is 32.1. The third kappa shape index (κ3) is 7.93. The molecule has 0 heterocycles. The summed E-state index contributed by atoms with van der Waals surface area (Å²) in [4.78, 5) is 9.18. The maximum atomic E-state index is 11.1. The molecule has 0 fully saturated rings. The summed E-state index contributed by atoms with van der Waals surface area (Å²) in [5.41, 5.74) is 0. The van der Waals surface area contributed by atoms with E-state index in [1.54, 1.807) is 0 Å². The number of nitrogens with zero attached hydrogens (tertiary/aromatic N) is 1. The number of hydrogen-bond donors (Lipinski definition) is 0. The third-order valence-electron chi connectivity index (χ3n) is 0.334. The molecule has 0 rings (SSSR count). The van der Waals surface area contributed by atoms with Crippen molar-refractivity contribution in [2.24, 2.45) is 0 Å². The summed E-state index contributed by atoms with van der Waals surface area (Å²) in [6.45, 7) is 0. The van der Waals surface area contributed by atoms with Crippen molar-refractivity contribution in [2.75, 3.05) is 0 Å². The van der Waals surface area contributed by atoms with Gasteiger partial charge in [0.25, 0.3) is 0 Å². The Hall–Kier alpha value is -0.0749. The van der Waals surface area contributed by atoms with Gasteiger partial charge in [0.15, 0.2) is 0 Å². The van der Waals surface area contributed by atoms with Crippen LogP contribution in [0.3, 0.4) is 0 Å². The third-order valence-corrected chi connectivity index (χ3v) is 2.93. The van der Waals surface area contributed by atoms with Crippen LogP contribution in [0.4, 0.5) is 13.2 Å². The van der Waals surface area contributed by atoms with Gasteiger partial charge in [0.05, 0.1) is 0 Å². The number of rotatable bonds is 2. The standard InChI is InChI=1S/CF3.Hg.NO3/c2-1(3)4;;2-1(3)4/q;+1;-1. The first-order valence-corrected chi connectivity index (χ1v) is 6.75. The Morgan fingerprint density at radius 1 is 1.56 bits per heavy atom. The normalized spacial score (nSPS) is 10.1. The number of halogens is 3. The van der Waals surface area contributed by atoms with Gasteiger partial charge in [0, 0.05) is 0 Å². The molecular weight excluding hydrogens is 332 g/mol. The van der Waals surface area contributed by atoms with E-state index < -0.39 is 33.8 Å². The molecule has 0 aliphatic rings. The molecule has 4 nitrogen and oxygen atoms in total. The van der Waals surface area contributed by atoms with Gasteiger partial charge in [-0.25, -0.2) is 0 Å². The van der Waals surface area contributed by atoms with Crippen LogP contribution >= 0.6 is 0 Å². The number of hydrogen-bond acceptors (Lipinski definition) is 3. The number of alkyl halides is 3. The van der Waals surface area contributed by atoms with Gasteiger partial charge in [-0.05, 0) is 0 Å². The fraction of sp³-hybridized carbons (Fsp3) is 1.00. The van der Waals surface area contributed by atoms with E-state index in [1.165, 1.54) is 0 Å². The summed E-state index contributed by atoms with van der Waals surface area (Å²) in [5, 5.41) is 7.79. The Morgan fingerprint density at radius 2 is 2.00 bits per heavy atom. The second-order valence-corrected chi connectivity index (χ2v) is 6.36. The van der Waals surface area contributed by atoms with E-state index >= 15 is 0 Å². The SMILES string of the molecule is O=[N+]([O-])[O][Hg][C](F)(F)F. The molecular formula is CF3HgNO3. The second-order valence-electron chi connectivity index (χ2n) is 1.11. The molecule has 0 unspecified atom stereocenters. The molecule has 0 aromatic heterocycles. The van der Waals surface area contributed by atoms with Crippen LogP contribution in [0.15, 0.2) is 0 Å². The van der Waals surface area contributed by atoms with Crippen molar-refractivity contribution in [1.82, 2.24) is 0 Å². The Kier molecular flexibility index (Phi) is 3.16. The summed E-state index contributed by atoms with van der Waals surface area (Å²) in [6.07, 6.45) is 0. The van der Waals surface area contributed by atoms with E-state index in [1.807, 2.05) is 0 Å². The Balaban J connectivity index is 3.39. The van der Waals surface area contributed by atoms with E-state index in [0.29, 0.717) is 0 Å². The van der Waals surface area contributed by atoms with Crippen LogP contribution in [-0.4, -0.2) is 8.77 Å². The van der Waals surface area contributed by atoms with Crippen molar-refractivity contribution in [3.05, 3.63) is 10.1 Å². The van der Waals surface area contributed by atoms with Gasteiger partial charge in [0.1, 0.15) is 0 Å². The first kappa shape index (κ1) is 8.93. The fourth-order valence-electron chi connectivity index (χ4n) is 0.126. The zero-order chi connectivity index (χ0) is 7.49. The van der Waals surface area contributed by atoms with Crippen molar-refractivity contribution in [3.8, 4) is 0 Å². The van der Waals surface area contributed by atoms with Gasteiger partial charge in [0.2, 0.25) is 0 Å². The van der Waals surface area contributed by atoms with E-state index in [-0.39, 0.29) is 0 Å². The molecule has 9 heavy (non-hydrogen) atoms. The molecule has 0 saturated carbocycles. The van der Waals surface area contributed by atoms with E-state index in [4.69, 9.17) is 0 Å². The van der Waals surface area contributed by atoms with Crippen molar-refractivity contribution in [1.29, 1.82) is 0 Å². The van der Waals surface area contributed by atoms with E-state index in [0.717, 1.165) is 0 Å². The Labute approximate surface area is 60.2 Å². The summed E-state index contributed by atoms with van der Waals surface area (Å²) >= 11 is -3.69. The minimum absolute atomic E-state index is 1.39. The average molecular weight is 332 g/mol. The first-order chi connectivity index (χ1) is 3.92. The summed E-state index contributed by atoms with van der Waals surface area (Å²) in [6, 6.07) is 0. The molecule has 8 heteroatoms. The maximum absolute atomic E-state index is 11.1. The molecule has 50 valence electrons. The first-order valence-electron chi connectivity index (χ1n) is 1.76. The van der Waals surface area contributed by atoms with Crippen LogP contribution in [0.2, 0.25) is 0 Å². The molecule has 0 bridgehead atoms. The quantitative estimate of drug-likeness (QED) is 0.425. The van der Waals surface area contributed by atoms with Gasteiger partial charge in [-0.3, -0.25) is 0 Å². The average Bonchev–Trinajstić information content (AvgIpc) is 1.59. The molecule has 0 spiro atoms. The molecule has 0 aromatic rings. The second kappa shape index (κ2) is 3.18. The monoisotopic (exact) mass is 333 g/mol. The van der Waals surface area contributed by atoms with Gasteiger partial charge in [-0.1, -0.05) is 0 Å². The van der Waals surface area contributed by atoms with Crippen LogP contribution in [0.25, 0.3) is 0 Å². The fourth-order valence-corrected chi connectivity index (χ4v) is 1.10. The van der Waals surface area contributed by atoms with E-state index in [9.17, 15) is 23.3 Å². The molecule has 0 aliphatic carbocycles. The van der Waals surface area contributed by atoms with Gasteiger partial charge in [-0.15, -0.1) is 0 Å². The summed E-state index contributed by atoms with van der Waals surface area (Å²) in [5.74, 6) is 0. The van der Waals surface area contributed by atoms with Crippen molar-refractivity contribution >= 4 is 0 Å². The molecule has 0 atom stereocenters. The van der Waals surface area contributed by atoms with Gasteiger partial charge in [-0.2, -0.15) is 0 Å². The Morgan fingerprint density at radius 3 is 2.11 bits per heavy atom. The molecule has 0 radical (unpaired) electrons. The van der Waals surface area contributed by atoms with Gasteiger partial charge >= 0.3 is 59.8 Å². The zero-order valence-corrected chi connectivity index (χ0v) is 9.51. The van der Waals surface area contributed by atoms with Crippen molar-refractivity contribution < 1.29 is 46.0 Å². The molecule has 0 saturated heterocycles. The predicted octanol–water partition coefficient (Wildman–Crippen LogP) is 0.712. The van der Waals surface area contributed by atoms with Crippen molar-refractivity contribution in [2.45, 2.75) is 3.69 Å². The van der Waals surface area contributed by atoms with Crippen LogP contribution in [-0.2, 0) is 27.8 Å². The zero-order valence-electron chi connectivity index (χ0n) is 4.01. The summed E-state index contributed by atoms with van der Waals surface area (Å²) in [7, 11) is 0. The molecule has 0 aliphatic heterocycles. The molecule has 0 N–H and O–H groups in total. The van der Waals surface area contributed by atoms with E-state index in [2.05, 4.69) is 2.75 Å². The molecule has 0 amide bonds. The Bertz CT molecular complexity index is 112. The predicted molar refractivity (Wildman–Crippen MR) is 14.1 cm³/mol. The minimum atomic E-state index is -4.41. The van der Waals surface area contributed by atoms with Crippen LogP contribution < -0.4 is 0 Å². The van der Waals surface area contributed by atoms with Crippen molar-refractivity contribution in [3.63, 3.8) is 0 Å². The molecule has 0 aromatic carbocycles. The van der Waals surface area contributed by atoms with Crippen LogP contribution in [0.5, 0.6) is 0 Å². The topological polar surface area (TPSA) is 52.4 Å². The van der Waals surface area contributed by atoms with Crippen LogP contribution in [0.1, 0.15) is 0 Å².